The molecule has 0 aliphatic carbocycles. The number of carbonyl (C=O) groups is 1. The van der Waals surface area contributed by atoms with Crippen LogP contribution in [0.15, 0.2) is 6.07 Å². The summed E-state index contributed by atoms with van der Waals surface area (Å²) in [4.78, 5) is 17.4. The number of rotatable bonds is 5. The number of ketones is 1. The number of nitrogens with zero attached hydrogens (tertiary/aromatic N) is 1. The molecule has 0 amide bonds. The van der Waals surface area contributed by atoms with Crippen molar-refractivity contribution in [2.45, 2.75) is 40.7 Å². The van der Waals surface area contributed by atoms with Gasteiger partial charge in [0.1, 0.15) is 0 Å². The zero-order valence-electron chi connectivity index (χ0n) is 12.9. The lowest BCUT2D eigenvalue weighted by atomic mass is 9.86. The van der Waals surface area contributed by atoms with Crippen LogP contribution < -0.4 is 0 Å². The topological polar surface area (TPSA) is 56.3 Å². The van der Waals surface area contributed by atoms with Gasteiger partial charge < -0.3 is 10.1 Å². The Morgan fingerprint density at radius 2 is 2.00 bits per heavy atom. The number of likely N-dealkylation sites (N-methyl/N-ethyl adjacent to an activating group) is 1. The fraction of sp³-hybridized carbons (Fsp3) is 0.667. The van der Waals surface area contributed by atoms with Gasteiger partial charge in [-0.1, -0.05) is 20.8 Å². The first-order valence-electron chi connectivity index (χ1n) is 6.67. The van der Waals surface area contributed by atoms with E-state index in [9.17, 15) is 9.90 Å². The summed E-state index contributed by atoms with van der Waals surface area (Å²) in [6.45, 7) is 10.4. The Hall–Kier alpha value is -1.13. The van der Waals surface area contributed by atoms with E-state index in [1.54, 1.807) is 0 Å². The second kappa shape index (κ2) is 5.88. The minimum atomic E-state index is -0.0626. The molecule has 1 heterocycles. The second-order valence-corrected chi connectivity index (χ2v) is 6.39. The van der Waals surface area contributed by atoms with Crippen molar-refractivity contribution in [3.63, 3.8) is 0 Å². The van der Waals surface area contributed by atoms with Crippen LogP contribution in [0.25, 0.3) is 0 Å². The Bertz CT molecular complexity index is 443. The third kappa shape index (κ3) is 3.91. The lowest BCUT2D eigenvalue weighted by Crippen LogP contribution is -2.46. The van der Waals surface area contributed by atoms with Gasteiger partial charge in [0, 0.05) is 23.0 Å². The fourth-order valence-electron chi connectivity index (χ4n) is 2.51. The van der Waals surface area contributed by atoms with Crippen LogP contribution in [0.5, 0.6) is 0 Å². The van der Waals surface area contributed by atoms with Crippen LogP contribution in [-0.4, -0.2) is 47.0 Å². The Labute approximate surface area is 115 Å². The zero-order valence-corrected chi connectivity index (χ0v) is 12.9. The van der Waals surface area contributed by atoms with E-state index < -0.39 is 0 Å². The van der Waals surface area contributed by atoms with E-state index in [0.717, 1.165) is 17.0 Å². The van der Waals surface area contributed by atoms with E-state index in [2.05, 4.69) is 25.8 Å². The third-order valence-corrected chi connectivity index (χ3v) is 3.55. The molecule has 0 aliphatic heterocycles. The molecule has 1 aromatic rings. The first kappa shape index (κ1) is 15.9. The highest BCUT2D eigenvalue weighted by Crippen LogP contribution is 2.23. The first-order valence-corrected chi connectivity index (χ1v) is 6.67. The third-order valence-electron chi connectivity index (χ3n) is 3.55. The molecule has 2 N–H and O–H groups in total. The predicted molar refractivity (Wildman–Crippen MR) is 77.6 cm³/mol. The van der Waals surface area contributed by atoms with Crippen molar-refractivity contribution in [3.05, 3.63) is 23.0 Å². The number of aliphatic hydroxyl groups is 1. The van der Waals surface area contributed by atoms with Gasteiger partial charge in [-0.05, 0) is 32.4 Å². The van der Waals surface area contributed by atoms with Gasteiger partial charge in [-0.25, -0.2) is 0 Å². The van der Waals surface area contributed by atoms with Gasteiger partial charge in [-0.3, -0.25) is 9.69 Å². The molecular formula is C15H26N2O2. The highest BCUT2D eigenvalue weighted by molar-refractivity contribution is 5.98. The number of aryl methyl sites for hydroxylation is 2. The number of H-pyrrole nitrogens is 1. The number of nitrogens with one attached hydrogen (secondary N) is 1. The van der Waals surface area contributed by atoms with E-state index in [0.29, 0.717) is 6.54 Å². The van der Waals surface area contributed by atoms with Crippen LogP contribution in [0.2, 0.25) is 0 Å². The van der Waals surface area contributed by atoms with Crippen molar-refractivity contribution < 1.29 is 9.90 Å². The van der Waals surface area contributed by atoms with Crippen LogP contribution in [-0.2, 0) is 0 Å². The Kier molecular flexibility index (Phi) is 4.93. The van der Waals surface area contributed by atoms with Crippen molar-refractivity contribution in [1.82, 2.24) is 9.88 Å². The second-order valence-electron chi connectivity index (χ2n) is 6.39. The van der Waals surface area contributed by atoms with Crippen molar-refractivity contribution >= 4 is 5.78 Å². The minimum Gasteiger partial charge on any atom is -0.395 e. The molecule has 1 aromatic heterocycles. The first-order chi connectivity index (χ1) is 8.66. The summed E-state index contributed by atoms with van der Waals surface area (Å²) in [7, 11) is 1.89. The number of aromatic nitrogens is 1. The number of carbonyl (C=O) groups excluding carboxylic acids is 1. The average Bonchev–Trinajstić information content (AvgIpc) is 2.56. The van der Waals surface area contributed by atoms with E-state index >= 15 is 0 Å². The maximum atomic E-state index is 12.3. The molecule has 19 heavy (non-hydrogen) atoms. The van der Waals surface area contributed by atoms with Crippen molar-refractivity contribution in [2.75, 3.05) is 20.2 Å². The van der Waals surface area contributed by atoms with E-state index in [4.69, 9.17) is 0 Å². The molecule has 108 valence electrons. The number of aliphatic hydroxyl groups excluding tert-OH is 1. The molecule has 0 saturated carbocycles. The lowest BCUT2D eigenvalue weighted by Gasteiger charge is -2.36. The molecule has 0 saturated heterocycles. The zero-order chi connectivity index (χ0) is 14.8. The lowest BCUT2D eigenvalue weighted by molar-refractivity contribution is 0.0592. The monoisotopic (exact) mass is 266 g/mol. The molecule has 0 radical (unpaired) electrons. The molecule has 0 aliphatic rings. The van der Waals surface area contributed by atoms with Crippen LogP contribution in [0.4, 0.5) is 0 Å². The number of Topliss-reactive ketones (excluding diaryl/α,β-unsaturated/α-hetero) is 1. The van der Waals surface area contributed by atoms with Crippen LogP contribution in [0.1, 0.15) is 42.5 Å². The Morgan fingerprint density at radius 1 is 1.42 bits per heavy atom. The summed E-state index contributed by atoms with van der Waals surface area (Å²) in [5, 5.41) is 9.52. The molecule has 1 unspecified atom stereocenters. The molecule has 1 rings (SSSR count). The molecular weight excluding hydrogens is 240 g/mol. The van der Waals surface area contributed by atoms with Crippen molar-refractivity contribution in [1.29, 1.82) is 0 Å². The van der Waals surface area contributed by atoms with Crippen LogP contribution >= 0.6 is 0 Å². The van der Waals surface area contributed by atoms with Crippen LogP contribution in [0.3, 0.4) is 0 Å². The summed E-state index contributed by atoms with van der Waals surface area (Å²) in [6, 6.07) is 1.85. The quantitative estimate of drug-likeness (QED) is 0.803. The molecule has 4 nitrogen and oxygen atoms in total. The normalized spacial score (nSPS) is 13.9. The maximum absolute atomic E-state index is 12.3. The molecule has 0 bridgehead atoms. The summed E-state index contributed by atoms with van der Waals surface area (Å²) in [6.07, 6.45) is 0. The van der Waals surface area contributed by atoms with Gasteiger partial charge in [0.2, 0.25) is 0 Å². The van der Waals surface area contributed by atoms with E-state index in [1.165, 1.54) is 0 Å². The maximum Gasteiger partial charge on any atom is 0.178 e. The Balaban J connectivity index is 2.79. The summed E-state index contributed by atoms with van der Waals surface area (Å²) in [5.74, 6) is 0.0899. The summed E-state index contributed by atoms with van der Waals surface area (Å²) in [5.41, 5.74) is 2.59. The number of aromatic amines is 1. The van der Waals surface area contributed by atoms with Gasteiger partial charge >= 0.3 is 0 Å². The fourth-order valence-corrected chi connectivity index (χ4v) is 2.51. The SMILES string of the molecule is Cc1cc(C(=O)CN(C)C(CO)C(C)(C)C)c(C)[nH]1. The van der Waals surface area contributed by atoms with Gasteiger partial charge in [-0.15, -0.1) is 0 Å². The molecule has 1 atom stereocenters. The van der Waals surface area contributed by atoms with Crippen molar-refractivity contribution in [3.8, 4) is 0 Å². The van der Waals surface area contributed by atoms with Crippen molar-refractivity contribution in [2.24, 2.45) is 5.41 Å². The molecule has 0 aromatic carbocycles. The predicted octanol–water partition coefficient (Wildman–Crippen LogP) is 2.15. The number of hydrogen-bond acceptors (Lipinski definition) is 3. The van der Waals surface area contributed by atoms with E-state index in [1.807, 2.05) is 31.9 Å². The molecule has 0 fully saturated rings. The minimum absolute atomic E-state index is 0.0307. The van der Waals surface area contributed by atoms with Gasteiger partial charge in [-0.2, -0.15) is 0 Å². The standard InChI is InChI=1S/C15H26N2O2/c1-10-7-12(11(2)16-10)13(19)8-17(6)14(9-18)15(3,4)5/h7,14,16,18H,8-9H2,1-6H3. The molecule has 0 spiro atoms. The largest absolute Gasteiger partial charge is 0.395 e. The highest BCUT2D eigenvalue weighted by Gasteiger charge is 2.29. The van der Waals surface area contributed by atoms with Crippen LogP contribution in [0, 0.1) is 19.3 Å². The molecule has 4 heteroatoms. The average molecular weight is 266 g/mol. The summed E-state index contributed by atoms with van der Waals surface area (Å²) >= 11 is 0. The van der Waals surface area contributed by atoms with Gasteiger partial charge in [0.05, 0.1) is 13.2 Å². The summed E-state index contributed by atoms with van der Waals surface area (Å²) < 4.78 is 0. The highest BCUT2D eigenvalue weighted by atomic mass is 16.3. The van der Waals surface area contributed by atoms with Gasteiger partial charge in [0.25, 0.3) is 0 Å². The number of hydrogen-bond donors (Lipinski definition) is 2. The smallest absolute Gasteiger partial charge is 0.178 e. The van der Waals surface area contributed by atoms with E-state index in [-0.39, 0.29) is 23.8 Å². The van der Waals surface area contributed by atoms with Gasteiger partial charge in [0.15, 0.2) is 5.78 Å². The Morgan fingerprint density at radius 3 is 2.37 bits per heavy atom.